The quantitative estimate of drug-likeness (QED) is 0.376. The maximum absolute atomic E-state index is 11.7. The van der Waals surface area contributed by atoms with E-state index in [0.29, 0.717) is 12.6 Å². The first kappa shape index (κ1) is 21.3. The number of likely N-dealkylation sites (N-methyl/N-ethyl adjacent to an activating group) is 1. The molecule has 0 saturated carbocycles. The zero-order valence-corrected chi connectivity index (χ0v) is 16.1. The summed E-state index contributed by atoms with van der Waals surface area (Å²) in [7, 11) is 3.45. The second-order valence-electron chi connectivity index (χ2n) is 5.73. The van der Waals surface area contributed by atoms with Gasteiger partial charge in [-0.3, -0.25) is 4.79 Å². The highest BCUT2D eigenvalue weighted by atomic mass is 35.5. The Labute approximate surface area is 155 Å². The van der Waals surface area contributed by atoms with Crippen LogP contribution in [0.2, 0.25) is 5.02 Å². The zero-order valence-electron chi connectivity index (χ0n) is 15.3. The van der Waals surface area contributed by atoms with Crippen LogP contribution in [-0.2, 0) is 16.0 Å². The van der Waals surface area contributed by atoms with Crippen molar-refractivity contribution in [2.45, 2.75) is 19.8 Å². The Morgan fingerprint density at radius 3 is 2.52 bits per heavy atom. The van der Waals surface area contributed by atoms with Gasteiger partial charge in [0.2, 0.25) is 5.91 Å². The smallest absolute Gasteiger partial charge is 0.243 e. The van der Waals surface area contributed by atoms with Crippen LogP contribution in [-0.4, -0.2) is 63.7 Å². The van der Waals surface area contributed by atoms with Gasteiger partial charge in [-0.25, -0.2) is 4.99 Å². The van der Waals surface area contributed by atoms with E-state index >= 15 is 0 Å². The molecule has 0 bridgehead atoms. The highest BCUT2D eigenvalue weighted by molar-refractivity contribution is 6.30. The van der Waals surface area contributed by atoms with E-state index in [-0.39, 0.29) is 12.5 Å². The molecule has 1 aromatic rings. The van der Waals surface area contributed by atoms with Crippen LogP contribution >= 0.6 is 11.6 Å². The van der Waals surface area contributed by atoms with Gasteiger partial charge in [0.25, 0.3) is 0 Å². The molecule has 1 aromatic carbocycles. The number of amides is 1. The first-order chi connectivity index (χ1) is 12.0. The largest absolute Gasteiger partial charge is 0.382 e. The Bertz CT molecular complexity index is 532. The van der Waals surface area contributed by atoms with Crippen LogP contribution in [0.4, 0.5) is 0 Å². The van der Waals surface area contributed by atoms with Crippen LogP contribution in [0.15, 0.2) is 29.3 Å². The normalized spacial score (nSPS) is 11.3. The van der Waals surface area contributed by atoms with Gasteiger partial charge in [-0.1, -0.05) is 23.7 Å². The number of guanidine groups is 1. The zero-order chi connectivity index (χ0) is 18.5. The maximum atomic E-state index is 11.7. The summed E-state index contributed by atoms with van der Waals surface area (Å²) in [6, 6.07) is 7.78. The van der Waals surface area contributed by atoms with Crippen molar-refractivity contribution in [1.29, 1.82) is 0 Å². The van der Waals surface area contributed by atoms with Crippen molar-refractivity contribution in [3.8, 4) is 0 Å². The average Bonchev–Trinajstić information content (AvgIpc) is 2.60. The Morgan fingerprint density at radius 1 is 1.20 bits per heavy atom. The molecule has 0 fully saturated rings. The molecule has 6 nitrogen and oxygen atoms in total. The number of hydrogen-bond acceptors (Lipinski definition) is 3. The lowest BCUT2D eigenvalue weighted by Crippen LogP contribution is -2.40. The summed E-state index contributed by atoms with van der Waals surface area (Å²) in [6.07, 6.45) is 1.73. The Balaban J connectivity index is 2.46. The molecule has 0 heterocycles. The molecular weight excluding hydrogens is 340 g/mol. The number of nitrogens with one attached hydrogen (secondary N) is 2. The minimum absolute atomic E-state index is 0.0342. The van der Waals surface area contributed by atoms with Gasteiger partial charge in [-0.15, -0.1) is 0 Å². The van der Waals surface area contributed by atoms with E-state index < -0.39 is 0 Å². The molecule has 0 atom stereocenters. The average molecular weight is 369 g/mol. The van der Waals surface area contributed by atoms with Crippen LogP contribution in [0.5, 0.6) is 0 Å². The van der Waals surface area contributed by atoms with Crippen LogP contribution in [0.3, 0.4) is 0 Å². The summed E-state index contributed by atoms with van der Waals surface area (Å²) in [5, 5.41) is 7.23. The molecule has 0 aliphatic rings. The van der Waals surface area contributed by atoms with Crippen molar-refractivity contribution in [3.05, 3.63) is 34.9 Å². The van der Waals surface area contributed by atoms with Gasteiger partial charge in [-0.05, 0) is 37.5 Å². The second kappa shape index (κ2) is 12.6. The Morgan fingerprint density at radius 2 is 1.88 bits per heavy atom. The van der Waals surface area contributed by atoms with Gasteiger partial charge in [0, 0.05) is 45.4 Å². The fourth-order valence-corrected chi connectivity index (χ4v) is 2.09. The molecule has 140 valence electrons. The number of nitrogens with zero attached hydrogens (tertiary/aromatic N) is 2. The molecule has 0 unspecified atom stereocenters. The molecule has 0 aliphatic heterocycles. The van der Waals surface area contributed by atoms with Crippen molar-refractivity contribution < 1.29 is 9.53 Å². The van der Waals surface area contributed by atoms with Crippen molar-refractivity contribution in [3.63, 3.8) is 0 Å². The van der Waals surface area contributed by atoms with Gasteiger partial charge in [0.05, 0.1) is 0 Å². The molecule has 0 saturated heterocycles. The van der Waals surface area contributed by atoms with Crippen molar-refractivity contribution >= 4 is 23.5 Å². The summed E-state index contributed by atoms with van der Waals surface area (Å²) in [6.45, 7) is 4.98. The third kappa shape index (κ3) is 9.94. The molecule has 0 radical (unpaired) electrons. The van der Waals surface area contributed by atoms with E-state index in [4.69, 9.17) is 16.3 Å². The fourth-order valence-electron chi connectivity index (χ4n) is 1.96. The second-order valence-corrected chi connectivity index (χ2v) is 6.17. The fraction of sp³-hybridized carbons (Fsp3) is 0.556. The number of hydrogen-bond donors (Lipinski definition) is 2. The predicted octanol–water partition coefficient (Wildman–Crippen LogP) is 1.93. The lowest BCUT2D eigenvalue weighted by Gasteiger charge is -2.14. The number of rotatable bonds is 10. The summed E-state index contributed by atoms with van der Waals surface area (Å²) >= 11 is 5.90. The van der Waals surface area contributed by atoms with E-state index in [9.17, 15) is 4.79 Å². The highest BCUT2D eigenvalue weighted by Gasteiger charge is 2.04. The topological polar surface area (TPSA) is 66.0 Å². The molecule has 7 heteroatoms. The van der Waals surface area contributed by atoms with Gasteiger partial charge < -0.3 is 20.3 Å². The molecule has 2 N–H and O–H groups in total. The van der Waals surface area contributed by atoms with E-state index in [0.717, 1.165) is 37.6 Å². The SMILES string of the molecule is CCOCCCNC(=NCC(=O)N(C)C)NCCc1ccc(Cl)cc1. The molecule has 1 rings (SSSR count). The third-order valence-corrected chi connectivity index (χ3v) is 3.70. The van der Waals surface area contributed by atoms with E-state index in [1.165, 1.54) is 10.5 Å². The van der Waals surface area contributed by atoms with Crippen LogP contribution in [0.25, 0.3) is 0 Å². The summed E-state index contributed by atoms with van der Waals surface area (Å²) in [5.74, 6) is 0.605. The number of ether oxygens (including phenoxy) is 1. The Kier molecular flexibility index (Phi) is 10.7. The molecule has 0 aliphatic carbocycles. The van der Waals surface area contributed by atoms with Crippen LogP contribution in [0.1, 0.15) is 18.9 Å². The number of aliphatic imine (C=N–C) groups is 1. The van der Waals surface area contributed by atoms with E-state index in [1.807, 2.05) is 31.2 Å². The summed E-state index contributed by atoms with van der Waals surface area (Å²) in [5.41, 5.74) is 1.19. The van der Waals surface area contributed by atoms with Crippen LogP contribution < -0.4 is 10.6 Å². The first-order valence-corrected chi connectivity index (χ1v) is 8.95. The van der Waals surface area contributed by atoms with Crippen molar-refractivity contribution in [2.24, 2.45) is 4.99 Å². The monoisotopic (exact) mass is 368 g/mol. The number of carbonyl (C=O) groups excluding carboxylic acids is 1. The minimum Gasteiger partial charge on any atom is -0.382 e. The summed E-state index contributed by atoms with van der Waals surface area (Å²) in [4.78, 5) is 17.6. The van der Waals surface area contributed by atoms with E-state index in [1.54, 1.807) is 14.1 Å². The third-order valence-electron chi connectivity index (χ3n) is 3.45. The van der Waals surface area contributed by atoms with Crippen molar-refractivity contribution in [2.75, 3.05) is 46.9 Å². The number of benzene rings is 1. The van der Waals surface area contributed by atoms with E-state index in [2.05, 4.69) is 15.6 Å². The highest BCUT2D eigenvalue weighted by Crippen LogP contribution is 2.09. The minimum atomic E-state index is -0.0342. The maximum Gasteiger partial charge on any atom is 0.243 e. The Hall–Kier alpha value is -1.79. The lowest BCUT2D eigenvalue weighted by atomic mass is 10.1. The van der Waals surface area contributed by atoms with Crippen molar-refractivity contribution in [1.82, 2.24) is 15.5 Å². The standard InChI is InChI=1S/C18H29ClN4O2/c1-4-25-13-5-11-20-18(22-14-17(24)23(2)3)21-12-10-15-6-8-16(19)9-7-15/h6-9H,4-5,10-14H2,1-3H3,(H2,20,21,22). The van der Waals surface area contributed by atoms with Gasteiger partial charge in [0.1, 0.15) is 6.54 Å². The molecular formula is C18H29ClN4O2. The van der Waals surface area contributed by atoms with Gasteiger partial charge in [-0.2, -0.15) is 0 Å². The number of carbonyl (C=O) groups is 1. The number of halogens is 1. The summed E-state index contributed by atoms with van der Waals surface area (Å²) < 4.78 is 5.32. The van der Waals surface area contributed by atoms with Gasteiger partial charge in [0.15, 0.2) is 5.96 Å². The molecule has 0 spiro atoms. The van der Waals surface area contributed by atoms with Gasteiger partial charge >= 0.3 is 0 Å². The predicted molar refractivity (Wildman–Crippen MR) is 103 cm³/mol. The molecule has 25 heavy (non-hydrogen) atoms. The molecule has 0 aromatic heterocycles. The first-order valence-electron chi connectivity index (χ1n) is 8.57. The lowest BCUT2D eigenvalue weighted by molar-refractivity contribution is -0.127. The molecule has 1 amide bonds. The van der Waals surface area contributed by atoms with Crippen LogP contribution in [0, 0.1) is 0 Å².